The molecule has 2 aromatic carbocycles. The van der Waals surface area contributed by atoms with Crippen LogP contribution in [0.2, 0.25) is 0 Å². The number of carbonyl (C=O) groups is 1. The Morgan fingerprint density at radius 2 is 1.93 bits per heavy atom. The lowest BCUT2D eigenvalue weighted by atomic mass is 10.0. The molecule has 1 amide bonds. The van der Waals surface area contributed by atoms with E-state index in [4.69, 9.17) is 14.7 Å². The van der Waals surface area contributed by atoms with Crippen LogP contribution in [0.25, 0.3) is 16.9 Å². The summed E-state index contributed by atoms with van der Waals surface area (Å²) in [7, 11) is 0. The van der Waals surface area contributed by atoms with Crippen LogP contribution in [0.5, 0.6) is 0 Å². The van der Waals surface area contributed by atoms with E-state index in [1.165, 1.54) is 0 Å². The summed E-state index contributed by atoms with van der Waals surface area (Å²) in [5.41, 5.74) is 6.46. The van der Waals surface area contributed by atoms with Crippen LogP contribution in [0, 0.1) is 6.92 Å². The standard InChI is InChI=1S/C22H23N3O3/c1-16-9-5-6-12-18(16)21-19(15-25(23-21)17-10-3-2-4-11-17)22(26)24-28-20-13-7-8-14-27-20/h2-6,9-12,15,20H,7-8,13-14H2,1H3,(H,24,26). The minimum absolute atomic E-state index is 0.338. The van der Waals surface area contributed by atoms with Crippen LogP contribution in [0.4, 0.5) is 0 Å². The molecule has 0 bridgehead atoms. The van der Waals surface area contributed by atoms with Gasteiger partial charge in [-0.2, -0.15) is 5.10 Å². The van der Waals surface area contributed by atoms with E-state index in [-0.39, 0.29) is 5.91 Å². The number of amides is 1. The molecule has 0 spiro atoms. The smallest absolute Gasteiger partial charge is 0.278 e. The molecular formula is C22H23N3O3. The second-order valence-corrected chi connectivity index (χ2v) is 6.83. The Morgan fingerprint density at radius 3 is 2.68 bits per heavy atom. The van der Waals surface area contributed by atoms with Crippen molar-refractivity contribution in [2.24, 2.45) is 0 Å². The predicted octanol–water partition coefficient (Wildman–Crippen LogP) is 4.04. The normalized spacial score (nSPS) is 16.7. The molecule has 1 unspecified atom stereocenters. The van der Waals surface area contributed by atoms with Gasteiger partial charge < -0.3 is 4.74 Å². The Kier molecular flexibility index (Phi) is 5.50. The Morgan fingerprint density at radius 1 is 1.14 bits per heavy atom. The first kappa shape index (κ1) is 18.4. The topological polar surface area (TPSA) is 65.4 Å². The van der Waals surface area contributed by atoms with Crippen molar-refractivity contribution >= 4 is 5.91 Å². The highest BCUT2D eigenvalue weighted by atomic mass is 16.8. The van der Waals surface area contributed by atoms with E-state index < -0.39 is 6.29 Å². The van der Waals surface area contributed by atoms with Gasteiger partial charge >= 0.3 is 0 Å². The minimum atomic E-state index is -0.399. The molecule has 1 aliphatic heterocycles. The van der Waals surface area contributed by atoms with E-state index in [1.807, 2.05) is 61.5 Å². The number of nitrogens with zero attached hydrogens (tertiary/aromatic N) is 2. The van der Waals surface area contributed by atoms with Gasteiger partial charge in [-0.25, -0.2) is 15.0 Å². The van der Waals surface area contributed by atoms with Gasteiger partial charge in [0.15, 0.2) is 6.29 Å². The lowest BCUT2D eigenvalue weighted by Gasteiger charge is -2.22. The number of benzene rings is 2. The summed E-state index contributed by atoms with van der Waals surface area (Å²) in [5.74, 6) is -0.338. The zero-order chi connectivity index (χ0) is 19.3. The highest BCUT2D eigenvalue weighted by Gasteiger charge is 2.22. The van der Waals surface area contributed by atoms with Gasteiger partial charge in [-0.15, -0.1) is 0 Å². The average molecular weight is 377 g/mol. The summed E-state index contributed by atoms with van der Waals surface area (Å²) in [5, 5.41) is 4.70. The highest BCUT2D eigenvalue weighted by Crippen LogP contribution is 2.26. The second kappa shape index (κ2) is 8.37. The molecule has 6 nitrogen and oxygen atoms in total. The largest absolute Gasteiger partial charge is 0.350 e. The van der Waals surface area contributed by atoms with Gasteiger partial charge in [0.1, 0.15) is 5.69 Å². The Bertz CT molecular complexity index is 947. The Hall–Kier alpha value is -2.96. The van der Waals surface area contributed by atoms with Crippen molar-refractivity contribution in [1.29, 1.82) is 0 Å². The van der Waals surface area contributed by atoms with Crippen LogP contribution in [0.15, 0.2) is 60.8 Å². The van der Waals surface area contributed by atoms with Crippen molar-refractivity contribution < 1.29 is 14.4 Å². The van der Waals surface area contributed by atoms with Crippen LogP contribution in [-0.2, 0) is 9.57 Å². The number of ether oxygens (including phenoxy) is 1. The van der Waals surface area contributed by atoms with E-state index in [0.717, 1.165) is 36.1 Å². The fourth-order valence-corrected chi connectivity index (χ4v) is 3.27. The lowest BCUT2D eigenvalue weighted by Crippen LogP contribution is -2.33. The summed E-state index contributed by atoms with van der Waals surface area (Å²) in [6.07, 6.45) is 4.16. The third-order valence-electron chi connectivity index (χ3n) is 4.80. The molecule has 0 radical (unpaired) electrons. The average Bonchev–Trinajstić information content (AvgIpc) is 3.19. The Balaban J connectivity index is 1.65. The third-order valence-corrected chi connectivity index (χ3v) is 4.80. The maximum atomic E-state index is 12.9. The number of aryl methyl sites for hydroxylation is 1. The van der Waals surface area contributed by atoms with Crippen molar-refractivity contribution in [2.45, 2.75) is 32.5 Å². The number of hydrogen-bond acceptors (Lipinski definition) is 4. The van der Waals surface area contributed by atoms with Gasteiger partial charge in [-0.1, -0.05) is 42.5 Å². The molecule has 6 heteroatoms. The fraction of sp³-hybridized carbons (Fsp3) is 0.273. The van der Waals surface area contributed by atoms with Gasteiger partial charge in [0.25, 0.3) is 5.91 Å². The molecule has 1 aromatic heterocycles. The Labute approximate surface area is 164 Å². The van der Waals surface area contributed by atoms with Crippen LogP contribution >= 0.6 is 0 Å². The van der Waals surface area contributed by atoms with Gasteiger partial charge in [0.05, 0.1) is 11.3 Å². The van der Waals surface area contributed by atoms with Gasteiger partial charge in [-0.05, 0) is 37.5 Å². The molecule has 144 valence electrons. The molecule has 3 aromatic rings. The van der Waals surface area contributed by atoms with E-state index >= 15 is 0 Å². The molecule has 1 N–H and O–H groups in total. The van der Waals surface area contributed by atoms with Crippen LogP contribution in [-0.4, -0.2) is 28.6 Å². The molecule has 1 aliphatic rings. The zero-order valence-corrected chi connectivity index (χ0v) is 15.8. The molecule has 0 saturated carbocycles. The van der Waals surface area contributed by atoms with Crippen LogP contribution < -0.4 is 5.48 Å². The number of para-hydroxylation sites is 1. The maximum Gasteiger partial charge on any atom is 0.278 e. The number of rotatable bonds is 5. The van der Waals surface area contributed by atoms with Gasteiger partial charge in [0, 0.05) is 24.8 Å². The molecule has 1 saturated heterocycles. The van der Waals surface area contributed by atoms with Crippen LogP contribution in [0.1, 0.15) is 35.2 Å². The molecule has 28 heavy (non-hydrogen) atoms. The van der Waals surface area contributed by atoms with E-state index in [9.17, 15) is 4.79 Å². The molecule has 0 aliphatic carbocycles. The second-order valence-electron chi connectivity index (χ2n) is 6.83. The summed E-state index contributed by atoms with van der Waals surface area (Å²) in [6.45, 7) is 2.66. The summed E-state index contributed by atoms with van der Waals surface area (Å²) < 4.78 is 7.23. The first-order valence-corrected chi connectivity index (χ1v) is 9.51. The van der Waals surface area contributed by atoms with Crippen molar-refractivity contribution in [1.82, 2.24) is 15.3 Å². The first-order chi connectivity index (χ1) is 13.7. The molecule has 1 fully saturated rings. The first-order valence-electron chi connectivity index (χ1n) is 9.51. The SMILES string of the molecule is Cc1ccccc1-c1nn(-c2ccccc2)cc1C(=O)NOC1CCCCO1. The van der Waals surface area contributed by atoms with E-state index in [2.05, 4.69) is 5.48 Å². The molecule has 4 rings (SSSR count). The zero-order valence-electron chi connectivity index (χ0n) is 15.8. The fourth-order valence-electron chi connectivity index (χ4n) is 3.27. The van der Waals surface area contributed by atoms with Gasteiger partial charge in [0.2, 0.25) is 0 Å². The number of nitrogens with one attached hydrogen (secondary N) is 1. The van der Waals surface area contributed by atoms with Crippen molar-refractivity contribution in [3.63, 3.8) is 0 Å². The summed E-state index contributed by atoms with van der Waals surface area (Å²) in [6, 6.07) is 17.6. The summed E-state index contributed by atoms with van der Waals surface area (Å²) in [4.78, 5) is 18.4. The van der Waals surface area contributed by atoms with E-state index in [0.29, 0.717) is 17.9 Å². The van der Waals surface area contributed by atoms with Gasteiger partial charge in [-0.3, -0.25) is 4.79 Å². The lowest BCUT2D eigenvalue weighted by molar-refractivity contribution is -0.186. The number of hydroxylamine groups is 1. The number of carbonyl (C=O) groups excluding carboxylic acids is 1. The number of hydrogen-bond donors (Lipinski definition) is 1. The van der Waals surface area contributed by atoms with Crippen molar-refractivity contribution in [3.8, 4) is 16.9 Å². The maximum absolute atomic E-state index is 12.9. The predicted molar refractivity (Wildman–Crippen MR) is 106 cm³/mol. The molecular weight excluding hydrogens is 354 g/mol. The van der Waals surface area contributed by atoms with Crippen molar-refractivity contribution in [3.05, 3.63) is 71.9 Å². The highest BCUT2D eigenvalue weighted by molar-refractivity contribution is 5.99. The van der Waals surface area contributed by atoms with Crippen LogP contribution in [0.3, 0.4) is 0 Å². The van der Waals surface area contributed by atoms with Crippen molar-refractivity contribution in [2.75, 3.05) is 6.61 Å². The number of aromatic nitrogens is 2. The quantitative estimate of drug-likeness (QED) is 0.682. The third kappa shape index (κ3) is 3.98. The molecule has 1 atom stereocenters. The van der Waals surface area contributed by atoms with E-state index in [1.54, 1.807) is 10.9 Å². The summed E-state index contributed by atoms with van der Waals surface area (Å²) >= 11 is 0. The minimum Gasteiger partial charge on any atom is -0.350 e. The monoisotopic (exact) mass is 377 g/mol. The molecule has 2 heterocycles.